The molecule has 124 valence electrons. The van der Waals surface area contributed by atoms with Gasteiger partial charge in [-0.05, 0) is 18.3 Å². The number of hydrogen-bond donors (Lipinski definition) is 0. The van der Waals surface area contributed by atoms with E-state index in [1.807, 2.05) is 6.92 Å². The maximum absolute atomic E-state index is 5.62. The fourth-order valence-corrected chi connectivity index (χ4v) is 3.82. The summed E-state index contributed by atoms with van der Waals surface area (Å²) in [5.74, 6) is 2.93. The lowest BCUT2D eigenvalue weighted by atomic mass is 9.92. The summed E-state index contributed by atoms with van der Waals surface area (Å²) in [5, 5.41) is 8.14. The number of aromatic nitrogens is 2. The van der Waals surface area contributed by atoms with Gasteiger partial charge in [0.15, 0.2) is 0 Å². The van der Waals surface area contributed by atoms with Crippen molar-refractivity contribution in [2.24, 2.45) is 11.8 Å². The number of nitrogens with zero attached hydrogens (tertiary/aromatic N) is 4. The quantitative estimate of drug-likeness (QED) is 0.844. The third-order valence-electron chi connectivity index (χ3n) is 4.71. The van der Waals surface area contributed by atoms with Crippen LogP contribution in [-0.4, -0.2) is 65.9 Å². The van der Waals surface area contributed by atoms with Crippen LogP contribution < -0.4 is 0 Å². The minimum Gasteiger partial charge on any atom is -0.424 e. The van der Waals surface area contributed by atoms with Gasteiger partial charge in [-0.15, -0.1) is 10.2 Å². The highest BCUT2D eigenvalue weighted by molar-refractivity contribution is 4.92. The SMILES string of the molecule is Cc1nnc([C@H]2COCCN2CCN2C[C@H](C)C[C@H](C)C2)o1. The van der Waals surface area contributed by atoms with E-state index in [0.717, 1.165) is 38.1 Å². The molecule has 22 heavy (non-hydrogen) atoms. The van der Waals surface area contributed by atoms with E-state index in [2.05, 4.69) is 33.8 Å². The molecule has 0 bridgehead atoms. The Morgan fingerprint density at radius 1 is 1.14 bits per heavy atom. The summed E-state index contributed by atoms with van der Waals surface area (Å²) >= 11 is 0. The third-order valence-corrected chi connectivity index (χ3v) is 4.71. The molecule has 0 N–H and O–H groups in total. The van der Waals surface area contributed by atoms with Crippen LogP contribution >= 0.6 is 0 Å². The first-order chi connectivity index (χ1) is 10.6. The Hall–Kier alpha value is -0.980. The van der Waals surface area contributed by atoms with Crippen molar-refractivity contribution in [3.8, 4) is 0 Å². The molecule has 0 radical (unpaired) electrons. The van der Waals surface area contributed by atoms with E-state index in [9.17, 15) is 0 Å². The van der Waals surface area contributed by atoms with Crippen LogP contribution in [0.1, 0.15) is 38.1 Å². The predicted molar refractivity (Wildman–Crippen MR) is 83.6 cm³/mol. The first-order valence-electron chi connectivity index (χ1n) is 8.46. The second kappa shape index (κ2) is 7.06. The van der Waals surface area contributed by atoms with Gasteiger partial charge < -0.3 is 14.1 Å². The van der Waals surface area contributed by atoms with Crippen molar-refractivity contribution in [1.82, 2.24) is 20.0 Å². The van der Waals surface area contributed by atoms with Crippen molar-refractivity contribution in [3.05, 3.63) is 11.8 Å². The molecular weight excluding hydrogens is 280 g/mol. The molecule has 0 unspecified atom stereocenters. The molecule has 6 heteroatoms. The van der Waals surface area contributed by atoms with Crippen molar-refractivity contribution < 1.29 is 9.15 Å². The van der Waals surface area contributed by atoms with E-state index >= 15 is 0 Å². The fourth-order valence-electron chi connectivity index (χ4n) is 3.82. The summed E-state index contributed by atoms with van der Waals surface area (Å²) in [6.07, 6.45) is 1.36. The van der Waals surface area contributed by atoms with Crippen molar-refractivity contribution in [2.75, 3.05) is 45.9 Å². The average molecular weight is 308 g/mol. The van der Waals surface area contributed by atoms with Gasteiger partial charge in [-0.2, -0.15) is 0 Å². The highest BCUT2D eigenvalue weighted by Gasteiger charge is 2.30. The maximum Gasteiger partial charge on any atom is 0.235 e. The van der Waals surface area contributed by atoms with Crippen LogP contribution in [0.4, 0.5) is 0 Å². The Morgan fingerprint density at radius 3 is 2.59 bits per heavy atom. The van der Waals surface area contributed by atoms with Gasteiger partial charge in [0.05, 0.1) is 13.2 Å². The summed E-state index contributed by atoms with van der Waals surface area (Å²) in [5.41, 5.74) is 0. The Balaban J connectivity index is 1.57. The zero-order valence-corrected chi connectivity index (χ0v) is 14.0. The zero-order valence-electron chi connectivity index (χ0n) is 14.0. The minimum absolute atomic E-state index is 0.106. The first-order valence-corrected chi connectivity index (χ1v) is 8.46. The van der Waals surface area contributed by atoms with Crippen LogP contribution in [0.3, 0.4) is 0 Å². The van der Waals surface area contributed by atoms with Crippen LogP contribution in [0.5, 0.6) is 0 Å². The highest BCUT2D eigenvalue weighted by atomic mass is 16.5. The Morgan fingerprint density at radius 2 is 1.91 bits per heavy atom. The Labute approximate surface area is 132 Å². The lowest BCUT2D eigenvalue weighted by Gasteiger charge is -2.38. The second-order valence-electron chi connectivity index (χ2n) is 6.99. The van der Waals surface area contributed by atoms with Gasteiger partial charge in [0, 0.05) is 39.6 Å². The van der Waals surface area contributed by atoms with Gasteiger partial charge in [-0.25, -0.2) is 0 Å². The Kier molecular flexibility index (Phi) is 5.10. The zero-order chi connectivity index (χ0) is 15.5. The lowest BCUT2D eigenvalue weighted by molar-refractivity contribution is -0.0239. The molecule has 0 aliphatic carbocycles. The molecule has 2 fully saturated rings. The number of ether oxygens (including phenoxy) is 1. The molecule has 0 spiro atoms. The van der Waals surface area contributed by atoms with Gasteiger partial charge in [0.25, 0.3) is 0 Å². The molecule has 0 saturated carbocycles. The van der Waals surface area contributed by atoms with Gasteiger partial charge in [-0.3, -0.25) is 4.90 Å². The van der Waals surface area contributed by atoms with E-state index < -0.39 is 0 Å². The molecule has 1 aromatic heterocycles. The minimum atomic E-state index is 0.106. The first kappa shape index (κ1) is 15.9. The standard InChI is InChI=1S/C16H28N4O2/c1-12-8-13(2)10-19(9-12)4-5-20-6-7-21-11-15(20)16-18-17-14(3)22-16/h12-13,15H,4-11H2,1-3H3/t12-,13+,15-/m1/s1. The predicted octanol–water partition coefficient (Wildman–Crippen LogP) is 1.73. The number of aryl methyl sites for hydroxylation is 1. The largest absolute Gasteiger partial charge is 0.424 e. The second-order valence-corrected chi connectivity index (χ2v) is 6.99. The highest BCUT2D eigenvalue weighted by Crippen LogP contribution is 2.24. The van der Waals surface area contributed by atoms with Crippen LogP contribution in [0, 0.1) is 18.8 Å². The molecule has 2 saturated heterocycles. The topological polar surface area (TPSA) is 54.6 Å². The molecule has 3 atom stereocenters. The summed E-state index contributed by atoms with van der Waals surface area (Å²) in [7, 11) is 0. The molecule has 6 nitrogen and oxygen atoms in total. The fraction of sp³-hybridized carbons (Fsp3) is 0.875. The van der Waals surface area contributed by atoms with Gasteiger partial charge >= 0.3 is 0 Å². The molecule has 2 aliphatic rings. The monoisotopic (exact) mass is 308 g/mol. The third kappa shape index (κ3) is 3.86. The molecule has 3 rings (SSSR count). The van der Waals surface area contributed by atoms with Crippen LogP contribution in [0.25, 0.3) is 0 Å². The van der Waals surface area contributed by atoms with Crippen molar-refractivity contribution in [3.63, 3.8) is 0 Å². The number of piperidine rings is 1. The maximum atomic E-state index is 5.62. The van der Waals surface area contributed by atoms with E-state index in [1.54, 1.807) is 0 Å². The molecule has 2 aliphatic heterocycles. The summed E-state index contributed by atoms with van der Waals surface area (Å²) < 4.78 is 11.2. The summed E-state index contributed by atoms with van der Waals surface area (Å²) in [4.78, 5) is 5.03. The van der Waals surface area contributed by atoms with Crippen LogP contribution in [0.15, 0.2) is 4.42 Å². The number of likely N-dealkylation sites (tertiary alicyclic amines) is 1. The van der Waals surface area contributed by atoms with Gasteiger partial charge in [-0.1, -0.05) is 13.8 Å². The number of rotatable bonds is 4. The molecule has 0 aromatic carbocycles. The smallest absolute Gasteiger partial charge is 0.235 e. The molecule has 3 heterocycles. The normalized spacial score (nSPS) is 31.5. The van der Waals surface area contributed by atoms with E-state index in [0.29, 0.717) is 18.4 Å². The van der Waals surface area contributed by atoms with Gasteiger partial charge in [0.1, 0.15) is 6.04 Å². The number of hydrogen-bond acceptors (Lipinski definition) is 6. The molecule has 0 amide bonds. The lowest BCUT2D eigenvalue weighted by Crippen LogP contribution is -2.46. The summed E-state index contributed by atoms with van der Waals surface area (Å²) in [6, 6.07) is 0.106. The van der Waals surface area contributed by atoms with Crippen molar-refractivity contribution >= 4 is 0 Å². The average Bonchev–Trinajstić information content (AvgIpc) is 2.91. The Bertz CT molecular complexity index is 468. The van der Waals surface area contributed by atoms with E-state index in [4.69, 9.17) is 9.15 Å². The van der Waals surface area contributed by atoms with Crippen molar-refractivity contribution in [1.29, 1.82) is 0 Å². The van der Waals surface area contributed by atoms with Crippen LogP contribution in [-0.2, 0) is 4.74 Å². The van der Waals surface area contributed by atoms with Crippen molar-refractivity contribution in [2.45, 2.75) is 33.2 Å². The van der Waals surface area contributed by atoms with Gasteiger partial charge in [0.2, 0.25) is 11.8 Å². The van der Waals surface area contributed by atoms with E-state index in [1.165, 1.54) is 19.5 Å². The summed E-state index contributed by atoms with van der Waals surface area (Å²) in [6.45, 7) is 13.5. The molecular formula is C16H28N4O2. The van der Waals surface area contributed by atoms with E-state index in [-0.39, 0.29) is 6.04 Å². The van der Waals surface area contributed by atoms with Crippen LogP contribution in [0.2, 0.25) is 0 Å². The molecule has 1 aromatic rings. The number of morpholine rings is 1.